The lowest BCUT2D eigenvalue weighted by Crippen LogP contribution is -2.53. The van der Waals surface area contributed by atoms with Crippen LogP contribution in [0.25, 0.3) is 0 Å². The molecule has 106 valence electrons. The first kappa shape index (κ1) is 12.9. The average molecular weight is 265 g/mol. The summed E-state index contributed by atoms with van der Waals surface area (Å²) in [4.78, 5) is 24.2. The summed E-state index contributed by atoms with van der Waals surface area (Å²) < 4.78 is 0. The van der Waals surface area contributed by atoms with Crippen molar-refractivity contribution in [1.29, 1.82) is 0 Å². The monoisotopic (exact) mass is 265 g/mol. The molecule has 0 unspecified atom stereocenters. The third-order valence-corrected chi connectivity index (χ3v) is 5.54. The second kappa shape index (κ2) is 4.50. The maximum absolute atomic E-state index is 11.7. The van der Waals surface area contributed by atoms with Crippen molar-refractivity contribution in [2.45, 2.75) is 45.4 Å². The molecule has 0 heterocycles. The minimum atomic E-state index is -1.31. The fourth-order valence-corrected chi connectivity index (χ4v) is 5.35. The molecule has 4 fully saturated rings. The van der Waals surface area contributed by atoms with Gasteiger partial charge in [-0.15, -0.1) is 0 Å². The number of hydrogen-bond donors (Lipinski definition) is 1. The van der Waals surface area contributed by atoms with Crippen LogP contribution in [0.2, 0.25) is 0 Å². The van der Waals surface area contributed by atoms with Gasteiger partial charge < -0.3 is 10.0 Å². The van der Waals surface area contributed by atoms with Gasteiger partial charge in [0, 0.05) is 13.1 Å². The van der Waals surface area contributed by atoms with E-state index in [-0.39, 0.29) is 5.41 Å². The molecule has 4 aliphatic rings. The topological polar surface area (TPSA) is 57.6 Å². The summed E-state index contributed by atoms with van der Waals surface area (Å²) in [5, 5.41) is 8.91. The van der Waals surface area contributed by atoms with Gasteiger partial charge in [0.25, 0.3) is 0 Å². The van der Waals surface area contributed by atoms with Crippen LogP contribution < -0.4 is 0 Å². The highest BCUT2D eigenvalue weighted by Crippen LogP contribution is 2.60. The fraction of sp³-hybridized carbons (Fsp3) is 0.867. The fourth-order valence-electron chi connectivity index (χ4n) is 5.35. The van der Waals surface area contributed by atoms with Gasteiger partial charge in [-0.1, -0.05) is 0 Å². The van der Waals surface area contributed by atoms with Crippen molar-refractivity contribution >= 4 is 11.9 Å². The Kier molecular flexibility index (Phi) is 3.06. The molecule has 0 atom stereocenters. The van der Waals surface area contributed by atoms with Crippen LogP contribution in [0.3, 0.4) is 0 Å². The molecule has 0 aromatic heterocycles. The second-order valence-electron chi connectivity index (χ2n) is 7.04. The smallest absolute Gasteiger partial charge is 0.394 e. The molecule has 4 nitrogen and oxygen atoms in total. The molecule has 0 aromatic carbocycles. The number of hydrogen-bond acceptors (Lipinski definition) is 2. The van der Waals surface area contributed by atoms with Crippen molar-refractivity contribution in [2.75, 3.05) is 13.1 Å². The molecule has 4 saturated carbocycles. The van der Waals surface area contributed by atoms with Crippen molar-refractivity contribution in [3.63, 3.8) is 0 Å². The summed E-state index contributed by atoms with van der Waals surface area (Å²) in [5.41, 5.74) is 0.232. The predicted molar refractivity (Wildman–Crippen MR) is 70.5 cm³/mol. The molecular weight excluding hydrogens is 242 g/mol. The summed E-state index contributed by atoms with van der Waals surface area (Å²) in [6.07, 6.45) is 7.75. The third kappa shape index (κ3) is 2.26. The molecule has 0 radical (unpaired) electrons. The Morgan fingerprint density at radius 1 is 1.11 bits per heavy atom. The normalized spacial score (nSPS) is 39.3. The maximum atomic E-state index is 11.7. The lowest BCUT2D eigenvalue weighted by molar-refractivity contribution is -0.158. The molecule has 1 N–H and O–H groups in total. The number of nitrogens with zero attached hydrogens (tertiary/aromatic N) is 1. The van der Waals surface area contributed by atoms with Crippen LogP contribution in [-0.4, -0.2) is 35.0 Å². The molecule has 1 amide bonds. The Morgan fingerprint density at radius 2 is 1.58 bits per heavy atom. The van der Waals surface area contributed by atoms with E-state index >= 15 is 0 Å². The van der Waals surface area contributed by atoms with E-state index in [1.54, 1.807) is 4.90 Å². The van der Waals surface area contributed by atoms with Crippen molar-refractivity contribution in [2.24, 2.45) is 23.2 Å². The summed E-state index contributed by atoms with van der Waals surface area (Å²) in [6, 6.07) is 0. The molecule has 0 aromatic rings. The number of rotatable bonds is 3. The van der Waals surface area contributed by atoms with E-state index in [0.717, 1.165) is 17.8 Å². The number of carboxylic acid groups (broad SMARTS) is 1. The Balaban J connectivity index is 1.74. The van der Waals surface area contributed by atoms with Crippen LogP contribution in [0.5, 0.6) is 0 Å². The van der Waals surface area contributed by atoms with E-state index in [4.69, 9.17) is 5.11 Å². The van der Waals surface area contributed by atoms with Gasteiger partial charge in [0.2, 0.25) is 0 Å². The summed E-state index contributed by atoms with van der Waals surface area (Å²) in [5.74, 6) is 0.476. The van der Waals surface area contributed by atoms with Gasteiger partial charge in [-0.25, -0.2) is 4.79 Å². The maximum Gasteiger partial charge on any atom is 0.394 e. The minimum absolute atomic E-state index is 0.232. The number of carbonyl (C=O) groups excluding carboxylic acids is 1. The number of likely N-dealkylation sites (N-methyl/N-ethyl adjacent to an activating group) is 1. The molecule has 0 spiro atoms. The van der Waals surface area contributed by atoms with Gasteiger partial charge in [-0.2, -0.15) is 0 Å². The molecule has 4 aliphatic carbocycles. The third-order valence-electron chi connectivity index (χ3n) is 5.54. The van der Waals surface area contributed by atoms with E-state index in [9.17, 15) is 9.59 Å². The van der Waals surface area contributed by atoms with Gasteiger partial charge in [0.1, 0.15) is 0 Å². The molecular formula is C15H23NO3. The van der Waals surface area contributed by atoms with Gasteiger partial charge >= 0.3 is 11.9 Å². The van der Waals surface area contributed by atoms with Crippen LogP contribution in [0, 0.1) is 23.2 Å². The highest BCUT2D eigenvalue weighted by Gasteiger charge is 2.51. The number of aliphatic carboxylic acids is 1. The summed E-state index contributed by atoms with van der Waals surface area (Å²) in [7, 11) is 0. The van der Waals surface area contributed by atoms with E-state index in [1.165, 1.54) is 38.5 Å². The highest BCUT2D eigenvalue weighted by molar-refractivity contribution is 6.31. The second-order valence-corrected chi connectivity index (χ2v) is 7.04. The van der Waals surface area contributed by atoms with Gasteiger partial charge in [-0.05, 0) is 68.6 Å². The Morgan fingerprint density at radius 3 is 1.95 bits per heavy atom. The minimum Gasteiger partial charge on any atom is -0.474 e. The molecule has 4 heteroatoms. The Labute approximate surface area is 114 Å². The lowest BCUT2D eigenvalue weighted by Gasteiger charge is -2.57. The largest absolute Gasteiger partial charge is 0.474 e. The van der Waals surface area contributed by atoms with E-state index in [1.807, 2.05) is 6.92 Å². The van der Waals surface area contributed by atoms with Crippen LogP contribution >= 0.6 is 0 Å². The lowest BCUT2D eigenvalue weighted by atomic mass is 9.49. The number of amides is 1. The molecule has 0 saturated heterocycles. The predicted octanol–water partition coefficient (Wildman–Crippen LogP) is 2.14. The van der Waals surface area contributed by atoms with Crippen LogP contribution in [0.15, 0.2) is 0 Å². The van der Waals surface area contributed by atoms with Crippen molar-refractivity contribution in [3.8, 4) is 0 Å². The zero-order chi connectivity index (χ0) is 13.6. The van der Waals surface area contributed by atoms with Gasteiger partial charge in [0.05, 0.1) is 0 Å². The van der Waals surface area contributed by atoms with Crippen molar-refractivity contribution < 1.29 is 14.7 Å². The van der Waals surface area contributed by atoms with Crippen LogP contribution in [-0.2, 0) is 9.59 Å². The standard InChI is InChI=1S/C15H23NO3/c1-2-16(13(17)14(18)19)9-15-6-10-3-11(7-15)5-12(4-10)8-15/h10-12H,2-9H2,1H3,(H,18,19). The van der Waals surface area contributed by atoms with Gasteiger partial charge in [0.15, 0.2) is 0 Å². The molecule has 0 aliphatic heterocycles. The highest BCUT2D eigenvalue weighted by atomic mass is 16.4. The number of carbonyl (C=O) groups is 2. The molecule has 4 rings (SSSR count). The van der Waals surface area contributed by atoms with E-state index < -0.39 is 11.9 Å². The molecule has 4 bridgehead atoms. The summed E-state index contributed by atoms with van der Waals surface area (Å²) in [6.45, 7) is 3.05. The first-order valence-corrected chi connectivity index (χ1v) is 7.53. The zero-order valence-electron chi connectivity index (χ0n) is 11.6. The SMILES string of the molecule is CCN(CC12CC3CC(CC(C3)C1)C2)C(=O)C(=O)O. The van der Waals surface area contributed by atoms with Crippen LogP contribution in [0.1, 0.15) is 45.4 Å². The first-order chi connectivity index (χ1) is 9.01. The van der Waals surface area contributed by atoms with E-state index in [2.05, 4.69) is 0 Å². The first-order valence-electron chi connectivity index (χ1n) is 7.53. The quantitative estimate of drug-likeness (QED) is 0.795. The summed E-state index contributed by atoms with van der Waals surface area (Å²) >= 11 is 0. The molecule has 19 heavy (non-hydrogen) atoms. The Hall–Kier alpha value is -1.06. The van der Waals surface area contributed by atoms with Crippen molar-refractivity contribution in [3.05, 3.63) is 0 Å². The van der Waals surface area contributed by atoms with Gasteiger partial charge in [-0.3, -0.25) is 4.79 Å². The average Bonchev–Trinajstić information content (AvgIpc) is 2.33. The van der Waals surface area contributed by atoms with E-state index in [0.29, 0.717) is 13.1 Å². The Bertz CT molecular complexity index is 369. The zero-order valence-corrected chi connectivity index (χ0v) is 11.6. The van der Waals surface area contributed by atoms with Crippen molar-refractivity contribution in [1.82, 2.24) is 4.90 Å². The van der Waals surface area contributed by atoms with Crippen LogP contribution in [0.4, 0.5) is 0 Å². The number of carboxylic acids is 1.